The summed E-state index contributed by atoms with van der Waals surface area (Å²) in [5.41, 5.74) is 1.80. The van der Waals surface area contributed by atoms with Crippen LogP contribution in [0.5, 0.6) is 0 Å². The molecule has 3 rings (SSSR count). The SMILES string of the molecule is CNC(=O)c1cccc(NC(=O)CSc2n[nH]c(=O)n2CCc2ccccc2)c1. The molecule has 0 unspecified atom stereocenters. The Labute approximate surface area is 171 Å². The smallest absolute Gasteiger partial charge is 0.343 e. The molecule has 0 aliphatic carbocycles. The van der Waals surface area contributed by atoms with Gasteiger partial charge in [-0.3, -0.25) is 14.2 Å². The Kier molecular flexibility index (Phi) is 6.85. The van der Waals surface area contributed by atoms with Crippen molar-refractivity contribution in [3.63, 3.8) is 0 Å². The van der Waals surface area contributed by atoms with Crippen molar-refractivity contribution >= 4 is 29.3 Å². The van der Waals surface area contributed by atoms with Gasteiger partial charge in [0.05, 0.1) is 5.75 Å². The van der Waals surface area contributed by atoms with E-state index in [1.807, 2.05) is 30.3 Å². The van der Waals surface area contributed by atoms with Crippen LogP contribution in [0.3, 0.4) is 0 Å². The molecule has 0 saturated heterocycles. The normalized spacial score (nSPS) is 10.5. The third kappa shape index (κ3) is 5.58. The van der Waals surface area contributed by atoms with Crippen LogP contribution in [0.2, 0.25) is 0 Å². The highest BCUT2D eigenvalue weighted by Gasteiger charge is 2.12. The van der Waals surface area contributed by atoms with E-state index in [0.29, 0.717) is 29.4 Å². The van der Waals surface area contributed by atoms with Gasteiger partial charge in [0.25, 0.3) is 5.91 Å². The first kappa shape index (κ1) is 20.4. The number of anilines is 1. The average Bonchev–Trinajstić information content (AvgIpc) is 3.10. The van der Waals surface area contributed by atoms with Gasteiger partial charge < -0.3 is 10.6 Å². The molecule has 1 heterocycles. The molecule has 0 spiro atoms. The summed E-state index contributed by atoms with van der Waals surface area (Å²) in [6.07, 6.45) is 0.687. The Bertz CT molecular complexity index is 1050. The molecule has 3 N–H and O–H groups in total. The van der Waals surface area contributed by atoms with E-state index >= 15 is 0 Å². The monoisotopic (exact) mass is 411 g/mol. The molecule has 0 fully saturated rings. The molecule has 0 radical (unpaired) electrons. The third-order valence-corrected chi connectivity index (χ3v) is 5.13. The van der Waals surface area contributed by atoms with E-state index in [0.717, 1.165) is 5.56 Å². The number of amides is 2. The van der Waals surface area contributed by atoms with Crippen molar-refractivity contribution in [1.29, 1.82) is 0 Å². The van der Waals surface area contributed by atoms with Crippen molar-refractivity contribution < 1.29 is 9.59 Å². The number of benzene rings is 2. The molecule has 0 bridgehead atoms. The average molecular weight is 411 g/mol. The minimum atomic E-state index is -0.304. The van der Waals surface area contributed by atoms with E-state index in [4.69, 9.17) is 0 Å². The molecule has 3 aromatic rings. The van der Waals surface area contributed by atoms with Gasteiger partial charge in [0.15, 0.2) is 5.16 Å². The molecule has 0 saturated carbocycles. The first-order chi connectivity index (χ1) is 14.1. The van der Waals surface area contributed by atoms with E-state index < -0.39 is 0 Å². The summed E-state index contributed by atoms with van der Waals surface area (Å²) in [5, 5.41) is 12.2. The number of carbonyl (C=O) groups excluding carboxylic acids is 2. The fourth-order valence-corrected chi connectivity index (χ4v) is 3.48. The highest BCUT2D eigenvalue weighted by Crippen LogP contribution is 2.16. The predicted octanol–water partition coefficient (Wildman–Crippen LogP) is 1.90. The van der Waals surface area contributed by atoms with Crippen LogP contribution >= 0.6 is 11.8 Å². The van der Waals surface area contributed by atoms with E-state index in [1.54, 1.807) is 31.3 Å². The molecule has 1 aromatic heterocycles. The Morgan fingerprint density at radius 2 is 1.93 bits per heavy atom. The highest BCUT2D eigenvalue weighted by atomic mass is 32.2. The number of rotatable bonds is 8. The lowest BCUT2D eigenvalue weighted by Crippen LogP contribution is -2.20. The van der Waals surface area contributed by atoms with Crippen LogP contribution < -0.4 is 16.3 Å². The summed E-state index contributed by atoms with van der Waals surface area (Å²) >= 11 is 1.17. The number of aryl methyl sites for hydroxylation is 1. The molecule has 150 valence electrons. The molecule has 9 heteroatoms. The lowest BCUT2D eigenvalue weighted by molar-refractivity contribution is -0.113. The zero-order valence-electron chi connectivity index (χ0n) is 15.8. The molecule has 8 nitrogen and oxygen atoms in total. The van der Waals surface area contributed by atoms with Crippen LogP contribution in [0.4, 0.5) is 5.69 Å². The number of hydrogen-bond acceptors (Lipinski definition) is 5. The Morgan fingerprint density at radius 1 is 1.14 bits per heavy atom. The molecule has 0 aliphatic rings. The summed E-state index contributed by atoms with van der Waals surface area (Å²) in [5.74, 6) is -0.400. The van der Waals surface area contributed by atoms with Crippen molar-refractivity contribution in [2.45, 2.75) is 18.1 Å². The lowest BCUT2D eigenvalue weighted by atomic mass is 10.1. The summed E-state index contributed by atoms with van der Waals surface area (Å²) in [4.78, 5) is 36.0. The number of carbonyl (C=O) groups is 2. The minimum absolute atomic E-state index is 0.0832. The molecule has 2 amide bonds. The van der Waals surface area contributed by atoms with Crippen LogP contribution in [0.15, 0.2) is 64.5 Å². The van der Waals surface area contributed by atoms with Gasteiger partial charge in [-0.05, 0) is 30.2 Å². The molecule has 29 heavy (non-hydrogen) atoms. The van der Waals surface area contributed by atoms with Gasteiger partial charge in [-0.15, -0.1) is 5.10 Å². The lowest BCUT2D eigenvalue weighted by Gasteiger charge is -2.08. The summed E-state index contributed by atoms with van der Waals surface area (Å²) in [6, 6.07) is 16.5. The van der Waals surface area contributed by atoms with Gasteiger partial charge >= 0.3 is 5.69 Å². The topological polar surface area (TPSA) is 109 Å². The van der Waals surface area contributed by atoms with Crippen molar-refractivity contribution in [3.05, 3.63) is 76.2 Å². The van der Waals surface area contributed by atoms with Gasteiger partial charge in [-0.25, -0.2) is 9.89 Å². The highest BCUT2D eigenvalue weighted by molar-refractivity contribution is 7.99. The Hall–Kier alpha value is -3.33. The third-order valence-electron chi connectivity index (χ3n) is 4.16. The number of H-pyrrole nitrogens is 1. The van der Waals surface area contributed by atoms with Gasteiger partial charge in [-0.1, -0.05) is 48.2 Å². The molecule has 0 atom stereocenters. The second kappa shape index (κ2) is 9.74. The first-order valence-electron chi connectivity index (χ1n) is 9.00. The van der Waals surface area contributed by atoms with Crippen molar-refractivity contribution in [3.8, 4) is 0 Å². The standard InChI is InChI=1S/C20H21N5O3S/c1-21-18(27)15-8-5-9-16(12-15)22-17(26)13-29-20-24-23-19(28)25(20)11-10-14-6-3-2-4-7-14/h2-9,12H,10-11,13H2,1H3,(H,21,27)(H,22,26)(H,23,28). The van der Waals surface area contributed by atoms with E-state index in [2.05, 4.69) is 20.8 Å². The minimum Gasteiger partial charge on any atom is -0.355 e. The van der Waals surface area contributed by atoms with Crippen LogP contribution in [0, 0.1) is 0 Å². The first-order valence-corrected chi connectivity index (χ1v) is 9.99. The second-order valence-corrected chi connectivity index (χ2v) is 7.14. The maximum atomic E-state index is 12.3. The van der Waals surface area contributed by atoms with Crippen LogP contribution in [-0.4, -0.2) is 39.4 Å². The second-order valence-electron chi connectivity index (χ2n) is 6.20. The van der Waals surface area contributed by atoms with Gasteiger partial charge in [0, 0.05) is 24.8 Å². The number of nitrogens with zero attached hydrogens (tertiary/aromatic N) is 2. The van der Waals surface area contributed by atoms with Crippen LogP contribution in [0.25, 0.3) is 0 Å². The summed E-state index contributed by atoms with van der Waals surface area (Å²) in [7, 11) is 1.55. The number of nitrogens with one attached hydrogen (secondary N) is 3. The number of aromatic nitrogens is 3. The predicted molar refractivity (Wildman–Crippen MR) is 112 cm³/mol. The van der Waals surface area contributed by atoms with Gasteiger partial charge in [0.1, 0.15) is 0 Å². The van der Waals surface area contributed by atoms with E-state index in [-0.39, 0.29) is 23.3 Å². The summed E-state index contributed by atoms with van der Waals surface area (Å²) < 4.78 is 1.52. The fraction of sp³-hybridized carbons (Fsp3) is 0.200. The molecule has 0 aliphatic heterocycles. The fourth-order valence-electron chi connectivity index (χ4n) is 2.71. The maximum absolute atomic E-state index is 12.3. The van der Waals surface area contributed by atoms with Crippen molar-refractivity contribution in [2.24, 2.45) is 0 Å². The largest absolute Gasteiger partial charge is 0.355 e. The van der Waals surface area contributed by atoms with E-state index in [9.17, 15) is 14.4 Å². The zero-order chi connectivity index (χ0) is 20.6. The quantitative estimate of drug-likeness (QED) is 0.491. The van der Waals surface area contributed by atoms with E-state index in [1.165, 1.54) is 16.3 Å². The number of thioether (sulfide) groups is 1. The summed E-state index contributed by atoms with van der Waals surface area (Å²) in [6.45, 7) is 0.470. The van der Waals surface area contributed by atoms with Gasteiger partial charge in [-0.2, -0.15) is 0 Å². The molecular formula is C20H21N5O3S. The Morgan fingerprint density at radius 3 is 2.69 bits per heavy atom. The number of hydrogen-bond donors (Lipinski definition) is 3. The maximum Gasteiger partial charge on any atom is 0.343 e. The van der Waals surface area contributed by atoms with Crippen LogP contribution in [0.1, 0.15) is 15.9 Å². The molecular weight excluding hydrogens is 390 g/mol. The van der Waals surface area contributed by atoms with Crippen LogP contribution in [-0.2, 0) is 17.8 Å². The van der Waals surface area contributed by atoms with Crippen molar-refractivity contribution in [1.82, 2.24) is 20.1 Å². The zero-order valence-corrected chi connectivity index (χ0v) is 16.7. The van der Waals surface area contributed by atoms with Gasteiger partial charge in [0.2, 0.25) is 5.91 Å². The number of aromatic amines is 1. The molecule has 2 aromatic carbocycles. The Balaban J connectivity index is 1.58. The van der Waals surface area contributed by atoms with Crippen molar-refractivity contribution in [2.75, 3.05) is 18.1 Å².